The molecule has 0 bridgehead atoms. The molecule has 2 unspecified atom stereocenters. The molecule has 2 atom stereocenters. The standard InChI is InChI=1S/C15H20N4OS/c20-15-14-12(4-7-21-14)17-13(18-15)9-16-10-3-6-19-5-1-2-11(19)8-10/h4,7,10-11,16H,1-3,5-6,8-9H2,(H,17,18,20). The van der Waals surface area contributed by atoms with E-state index in [-0.39, 0.29) is 5.56 Å². The van der Waals surface area contributed by atoms with E-state index in [0.717, 1.165) is 22.1 Å². The first-order chi connectivity index (χ1) is 10.3. The van der Waals surface area contributed by atoms with Crippen molar-refractivity contribution in [3.63, 3.8) is 0 Å². The fraction of sp³-hybridized carbons (Fsp3) is 0.600. The summed E-state index contributed by atoms with van der Waals surface area (Å²) >= 11 is 1.45. The lowest BCUT2D eigenvalue weighted by Gasteiger charge is -2.35. The minimum absolute atomic E-state index is 0.0163. The van der Waals surface area contributed by atoms with Gasteiger partial charge in [0.25, 0.3) is 5.56 Å². The smallest absolute Gasteiger partial charge is 0.268 e. The average molecular weight is 304 g/mol. The number of aromatic nitrogens is 2. The number of thiophene rings is 1. The van der Waals surface area contributed by atoms with Crippen LogP contribution in [0.5, 0.6) is 0 Å². The zero-order valence-corrected chi connectivity index (χ0v) is 12.8. The molecule has 21 heavy (non-hydrogen) atoms. The van der Waals surface area contributed by atoms with E-state index in [4.69, 9.17) is 0 Å². The van der Waals surface area contributed by atoms with Crippen LogP contribution in [-0.4, -0.2) is 40.0 Å². The molecular weight excluding hydrogens is 284 g/mol. The highest BCUT2D eigenvalue weighted by atomic mass is 32.1. The maximum absolute atomic E-state index is 11.9. The van der Waals surface area contributed by atoms with E-state index in [9.17, 15) is 4.79 Å². The van der Waals surface area contributed by atoms with Gasteiger partial charge >= 0.3 is 0 Å². The number of nitrogens with zero attached hydrogens (tertiary/aromatic N) is 2. The predicted molar refractivity (Wildman–Crippen MR) is 84.7 cm³/mol. The van der Waals surface area contributed by atoms with Crippen molar-refractivity contribution in [2.45, 2.75) is 44.3 Å². The van der Waals surface area contributed by atoms with Crippen molar-refractivity contribution in [2.24, 2.45) is 0 Å². The zero-order valence-electron chi connectivity index (χ0n) is 12.0. The number of piperidine rings is 1. The average Bonchev–Trinajstić information content (AvgIpc) is 3.13. The number of nitrogens with one attached hydrogen (secondary N) is 2. The van der Waals surface area contributed by atoms with E-state index in [1.807, 2.05) is 11.4 Å². The van der Waals surface area contributed by atoms with Crippen LogP contribution in [0.2, 0.25) is 0 Å². The Morgan fingerprint density at radius 2 is 2.38 bits per heavy atom. The van der Waals surface area contributed by atoms with Crippen molar-refractivity contribution in [1.82, 2.24) is 20.2 Å². The summed E-state index contributed by atoms with van der Waals surface area (Å²) in [5.41, 5.74) is 0.795. The predicted octanol–water partition coefficient (Wildman–Crippen LogP) is 1.70. The third-order valence-electron chi connectivity index (χ3n) is 4.74. The molecule has 112 valence electrons. The number of rotatable bonds is 3. The van der Waals surface area contributed by atoms with Crippen LogP contribution in [0.3, 0.4) is 0 Å². The van der Waals surface area contributed by atoms with Gasteiger partial charge in [0.15, 0.2) is 0 Å². The van der Waals surface area contributed by atoms with Crippen molar-refractivity contribution >= 4 is 21.6 Å². The highest BCUT2D eigenvalue weighted by molar-refractivity contribution is 7.17. The fourth-order valence-electron chi connectivity index (χ4n) is 3.66. The van der Waals surface area contributed by atoms with Gasteiger partial charge in [-0.25, -0.2) is 4.98 Å². The zero-order chi connectivity index (χ0) is 14.2. The van der Waals surface area contributed by atoms with Crippen LogP contribution in [0.4, 0.5) is 0 Å². The number of aromatic amines is 1. The molecule has 0 saturated carbocycles. The van der Waals surface area contributed by atoms with Crippen molar-refractivity contribution in [1.29, 1.82) is 0 Å². The highest BCUT2D eigenvalue weighted by Gasteiger charge is 2.31. The van der Waals surface area contributed by atoms with E-state index in [2.05, 4.69) is 20.2 Å². The lowest BCUT2D eigenvalue weighted by Crippen LogP contribution is -2.45. The molecule has 6 heteroatoms. The molecule has 2 aliphatic heterocycles. The second-order valence-corrected chi connectivity index (χ2v) is 7.00. The fourth-order valence-corrected chi connectivity index (χ4v) is 4.38. The van der Waals surface area contributed by atoms with Crippen molar-refractivity contribution < 1.29 is 0 Å². The van der Waals surface area contributed by atoms with Gasteiger partial charge in [0, 0.05) is 12.1 Å². The largest absolute Gasteiger partial charge is 0.308 e. The number of hydrogen-bond donors (Lipinski definition) is 2. The third kappa shape index (κ3) is 2.63. The van der Waals surface area contributed by atoms with Crippen LogP contribution in [0.1, 0.15) is 31.5 Å². The third-order valence-corrected chi connectivity index (χ3v) is 5.64. The molecular formula is C15H20N4OS. The van der Waals surface area contributed by atoms with Gasteiger partial charge in [-0.3, -0.25) is 4.79 Å². The Morgan fingerprint density at radius 3 is 3.33 bits per heavy atom. The highest BCUT2D eigenvalue weighted by Crippen LogP contribution is 2.26. The lowest BCUT2D eigenvalue weighted by molar-refractivity contribution is 0.166. The van der Waals surface area contributed by atoms with Crippen LogP contribution in [0.15, 0.2) is 16.2 Å². The SMILES string of the molecule is O=c1[nH]c(CNC2CCN3CCCC3C2)nc2ccsc12. The molecule has 4 rings (SSSR count). The maximum atomic E-state index is 11.9. The monoisotopic (exact) mass is 304 g/mol. The Labute approximate surface area is 127 Å². The first kappa shape index (κ1) is 13.4. The summed E-state index contributed by atoms with van der Waals surface area (Å²) in [5.74, 6) is 0.750. The van der Waals surface area contributed by atoms with E-state index >= 15 is 0 Å². The molecule has 2 fully saturated rings. The van der Waals surface area contributed by atoms with Crippen LogP contribution in [0, 0.1) is 0 Å². The van der Waals surface area contributed by atoms with Crippen LogP contribution in [-0.2, 0) is 6.54 Å². The van der Waals surface area contributed by atoms with Gasteiger partial charge in [-0.15, -0.1) is 11.3 Å². The molecule has 0 aromatic carbocycles. The summed E-state index contributed by atoms with van der Waals surface area (Å²) in [6, 6.07) is 3.23. The normalized spacial score (nSPS) is 26.3. The summed E-state index contributed by atoms with van der Waals surface area (Å²) in [6.45, 7) is 3.13. The minimum Gasteiger partial charge on any atom is -0.308 e. The molecule has 2 aromatic rings. The van der Waals surface area contributed by atoms with Gasteiger partial charge in [0.05, 0.1) is 12.1 Å². The first-order valence-corrected chi connectivity index (χ1v) is 8.61. The molecule has 4 heterocycles. The molecule has 0 spiro atoms. The Morgan fingerprint density at radius 1 is 1.43 bits per heavy atom. The molecule has 2 aliphatic rings. The van der Waals surface area contributed by atoms with E-state index < -0.39 is 0 Å². The lowest BCUT2D eigenvalue weighted by atomic mass is 9.97. The van der Waals surface area contributed by atoms with Crippen molar-refractivity contribution in [3.8, 4) is 0 Å². The van der Waals surface area contributed by atoms with Gasteiger partial charge in [-0.1, -0.05) is 0 Å². The maximum Gasteiger partial charge on any atom is 0.268 e. The first-order valence-electron chi connectivity index (χ1n) is 7.73. The molecule has 0 amide bonds. The van der Waals surface area contributed by atoms with Crippen LogP contribution in [0.25, 0.3) is 10.2 Å². The summed E-state index contributed by atoms with van der Waals surface area (Å²) < 4.78 is 0.720. The summed E-state index contributed by atoms with van der Waals surface area (Å²) in [7, 11) is 0. The second-order valence-electron chi connectivity index (χ2n) is 6.08. The Bertz CT molecular complexity index is 694. The molecule has 2 saturated heterocycles. The van der Waals surface area contributed by atoms with Crippen molar-refractivity contribution in [2.75, 3.05) is 13.1 Å². The summed E-state index contributed by atoms with van der Waals surface area (Å²) in [4.78, 5) is 22.0. The van der Waals surface area contributed by atoms with Gasteiger partial charge < -0.3 is 15.2 Å². The summed E-state index contributed by atoms with van der Waals surface area (Å²) in [5, 5.41) is 5.50. The number of fused-ring (bicyclic) bond motifs is 2. The number of hydrogen-bond acceptors (Lipinski definition) is 5. The van der Waals surface area contributed by atoms with Gasteiger partial charge in [-0.2, -0.15) is 0 Å². The Hall–Kier alpha value is -1.24. The molecule has 2 aromatic heterocycles. The van der Waals surface area contributed by atoms with Crippen molar-refractivity contribution in [3.05, 3.63) is 27.6 Å². The summed E-state index contributed by atoms with van der Waals surface area (Å²) in [6.07, 6.45) is 5.11. The Kier molecular flexibility index (Phi) is 3.52. The van der Waals surface area contributed by atoms with E-state index in [1.165, 1.54) is 50.1 Å². The number of H-pyrrole nitrogens is 1. The molecule has 0 radical (unpaired) electrons. The van der Waals surface area contributed by atoms with Gasteiger partial charge in [0.1, 0.15) is 10.5 Å². The van der Waals surface area contributed by atoms with E-state index in [1.54, 1.807) is 0 Å². The molecule has 5 nitrogen and oxygen atoms in total. The van der Waals surface area contributed by atoms with E-state index in [0.29, 0.717) is 12.6 Å². The van der Waals surface area contributed by atoms with Gasteiger partial charge in [0.2, 0.25) is 0 Å². The Balaban J connectivity index is 1.42. The van der Waals surface area contributed by atoms with Crippen LogP contribution < -0.4 is 10.9 Å². The molecule has 2 N–H and O–H groups in total. The topological polar surface area (TPSA) is 61.0 Å². The second kappa shape index (κ2) is 5.51. The minimum atomic E-state index is -0.0163. The van der Waals surface area contributed by atoms with Crippen LogP contribution >= 0.6 is 11.3 Å². The van der Waals surface area contributed by atoms with Gasteiger partial charge in [-0.05, 0) is 50.2 Å². The quantitative estimate of drug-likeness (QED) is 0.906. The molecule has 0 aliphatic carbocycles.